The molecule has 0 spiro atoms. The highest BCUT2D eigenvalue weighted by Crippen LogP contribution is 2.44. The largest absolute Gasteiger partial charge is 0.441 e. The highest BCUT2D eigenvalue weighted by atomic mass is 19.1. The van der Waals surface area contributed by atoms with Gasteiger partial charge in [-0.25, -0.2) is 9.78 Å². The molecule has 2 aromatic carbocycles. The first kappa shape index (κ1) is 20.8. The summed E-state index contributed by atoms with van der Waals surface area (Å²) in [5.74, 6) is -0.564. The molecule has 0 saturated carbocycles. The first-order chi connectivity index (χ1) is 15.9. The number of pyridine rings is 2. The Morgan fingerprint density at radius 3 is 2.33 bits per heavy atom. The number of halogens is 1. The maximum Gasteiger partial charge on any atom is 0.415 e. The van der Waals surface area contributed by atoms with Gasteiger partial charge in [-0.05, 0) is 55.3 Å². The molecule has 0 bridgehead atoms. The van der Waals surface area contributed by atoms with Crippen molar-refractivity contribution in [1.82, 2.24) is 9.97 Å². The van der Waals surface area contributed by atoms with Crippen LogP contribution in [0.4, 0.5) is 14.9 Å². The predicted octanol–water partition coefficient (Wildman–Crippen LogP) is 6.43. The first-order valence-corrected chi connectivity index (χ1v) is 10.7. The van der Waals surface area contributed by atoms with Gasteiger partial charge in [-0.3, -0.25) is 9.88 Å². The van der Waals surface area contributed by atoms with Crippen molar-refractivity contribution in [2.45, 2.75) is 25.5 Å². The summed E-state index contributed by atoms with van der Waals surface area (Å²) in [7, 11) is 0. The number of anilines is 1. The van der Waals surface area contributed by atoms with Crippen molar-refractivity contribution in [3.05, 3.63) is 103 Å². The number of rotatable bonds is 4. The number of nitrogens with zero attached hydrogens (tertiary/aromatic N) is 3. The van der Waals surface area contributed by atoms with Gasteiger partial charge in [-0.1, -0.05) is 48.5 Å². The minimum Gasteiger partial charge on any atom is -0.441 e. The summed E-state index contributed by atoms with van der Waals surface area (Å²) in [5.41, 5.74) is 3.43. The Hall–Kier alpha value is -4.06. The van der Waals surface area contributed by atoms with Gasteiger partial charge in [-0.15, -0.1) is 0 Å². The summed E-state index contributed by atoms with van der Waals surface area (Å²) < 4.78 is 20.3. The van der Waals surface area contributed by atoms with Crippen molar-refractivity contribution in [1.29, 1.82) is 0 Å². The summed E-state index contributed by atoms with van der Waals surface area (Å²) in [6, 6.07) is 24.0. The lowest BCUT2D eigenvalue weighted by atomic mass is 9.91. The molecule has 2 aromatic heterocycles. The fourth-order valence-corrected chi connectivity index (χ4v) is 4.31. The molecular weight excluding hydrogens is 417 g/mol. The molecule has 1 fully saturated rings. The Bertz CT molecular complexity index is 1290. The third kappa shape index (κ3) is 3.84. The molecule has 1 aliphatic heterocycles. The summed E-state index contributed by atoms with van der Waals surface area (Å²) in [6.07, 6.45) is 2.75. The third-order valence-electron chi connectivity index (χ3n) is 5.84. The second-order valence-electron chi connectivity index (χ2n) is 8.48. The lowest BCUT2D eigenvalue weighted by molar-refractivity contribution is 0.0685. The van der Waals surface area contributed by atoms with Gasteiger partial charge in [0.2, 0.25) is 5.95 Å². The molecule has 3 heterocycles. The maximum absolute atomic E-state index is 14.6. The molecule has 164 valence electrons. The van der Waals surface area contributed by atoms with Crippen molar-refractivity contribution < 1.29 is 13.9 Å². The van der Waals surface area contributed by atoms with E-state index in [1.54, 1.807) is 41.4 Å². The van der Waals surface area contributed by atoms with Crippen LogP contribution in [0, 0.1) is 5.95 Å². The van der Waals surface area contributed by atoms with E-state index in [-0.39, 0.29) is 6.04 Å². The second-order valence-corrected chi connectivity index (χ2v) is 8.48. The average molecular weight is 439 g/mol. The molecule has 1 unspecified atom stereocenters. The number of aromatic nitrogens is 2. The van der Waals surface area contributed by atoms with E-state index >= 15 is 0 Å². The molecule has 1 saturated heterocycles. The van der Waals surface area contributed by atoms with Gasteiger partial charge in [-0.2, -0.15) is 4.39 Å². The number of carbonyl (C=O) groups is 1. The van der Waals surface area contributed by atoms with Gasteiger partial charge in [0.25, 0.3) is 0 Å². The van der Waals surface area contributed by atoms with Crippen LogP contribution in [0.15, 0.2) is 91.3 Å². The summed E-state index contributed by atoms with van der Waals surface area (Å²) in [5, 5.41) is 0. The lowest BCUT2D eigenvalue weighted by Gasteiger charge is -2.29. The van der Waals surface area contributed by atoms with E-state index < -0.39 is 17.6 Å². The quantitative estimate of drug-likeness (QED) is 0.344. The van der Waals surface area contributed by atoms with Gasteiger partial charge < -0.3 is 4.74 Å². The fourth-order valence-electron chi connectivity index (χ4n) is 4.31. The first-order valence-electron chi connectivity index (χ1n) is 10.7. The third-order valence-corrected chi connectivity index (χ3v) is 5.84. The molecule has 5 nitrogen and oxygen atoms in total. The van der Waals surface area contributed by atoms with Gasteiger partial charge in [0.05, 0.1) is 5.69 Å². The zero-order valence-corrected chi connectivity index (χ0v) is 18.3. The summed E-state index contributed by atoms with van der Waals surface area (Å²) in [4.78, 5) is 22.7. The number of cyclic esters (lactones) is 1. The zero-order valence-electron chi connectivity index (χ0n) is 18.3. The normalized spacial score (nSPS) is 17.1. The molecule has 1 aliphatic rings. The van der Waals surface area contributed by atoms with Gasteiger partial charge >= 0.3 is 6.09 Å². The van der Waals surface area contributed by atoms with Gasteiger partial charge in [0, 0.05) is 29.2 Å². The monoisotopic (exact) mass is 439 g/mol. The minimum atomic E-state index is -0.704. The Balaban J connectivity index is 1.51. The summed E-state index contributed by atoms with van der Waals surface area (Å²) >= 11 is 0. The molecule has 1 atom stereocenters. The molecule has 5 rings (SSSR count). The number of carbonyl (C=O) groups excluding carboxylic acids is 1. The van der Waals surface area contributed by atoms with Crippen LogP contribution in [0.3, 0.4) is 0 Å². The number of benzene rings is 2. The van der Waals surface area contributed by atoms with Crippen LogP contribution in [0.5, 0.6) is 0 Å². The van der Waals surface area contributed by atoms with E-state index in [1.165, 1.54) is 6.20 Å². The van der Waals surface area contributed by atoms with E-state index in [2.05, 4.69) is 9.97 Å². The Kier molecular flexibility index (Phi) is 5.13. The highest BCUT2D eigenvalue weighted by molar-refractivity contribution is 5.92. The number of amides is 1. The molecule has 6 heteroatoms. The topological polar surface area (TPSA) is 55.3 Å². The SMILES string of the molecule is CC1(C)OC(=O)N(c2ccc(-c3cc(-c4ccccn4)cnc3F)cc2)C1c1ccccc1. The van der Waals surface area contributed by atoms with E-state index in [1.807, 2.05) is 62.4 Å². The lowest BCUT2D eigenvalue weighted by Crippen LogP contribution is -2.33. The molecule has 0 radical (unpaired) electrons. The van der Waals surface area contributed by atoms with Crippen molar-refractivity contribution in [3.8, 4) is 22.4 Å². The van der Waals surface area contributed by atoms with Gasteiger partial charge in [0.15, 0.2) is 0 Å². The van der Waals surface area contributed by atoms with E-state index in [9.17, 15) is 9.18 Å². The average Bonchev–Trinajstić information content (AvgIpc) is 3.08. The van der Waals surface area contributed by atoms with Crippen LogP contribution in [-0.2, 0) is 4.74 Å². The van der Waals surface area contributed by atoms with Crippen LogP contribution in [0.2, 0.25) is 0 Å². The van der Waals surface area contributed by atoms with E-state index in [4.69, 9.17) is 4.74 Å². The van der Waals surface area contributed by atoms with E-state index in [0.717, 1.165) is 16.8 Å². The highest BCUT2D eigenvalue weighted by Gasteiger charge is 2.49. The van der Waals surface area contributed by atoms with Crippen molar-refractivity contribution in [3.63, 3.8) is 0 Å². The molecule has 0 aliphatic carbocycles. The predicted molar refractivity (Wildman–Crippen MR) is 125 cm³/mol. The Morgan fingerprint density at radius 1 is 0.909 bits per heavy atom. The minimum absolute atomic E-state index is 0.289. The summed E-state index contributed by atoms with van der Waals surface area (Å²) in [6.45, 7) is 3.81. The second kappa shape index (κ2) is 8.13. The Labute approximate surface area is 191 Å². The van der Waals surface area contributed by atoms with E-state index in [0.29, 0.717) is 16.8 Å². The number of ether oxygens (including phenoxy) is 1. The maximum atomic E-state index is 14.6. The molecule has 0 N–H and O–H groups in total. The number of hydrogen-bond donors (Lipinski definition) is 0. The van der Waals surface area contributed by atoms with Crippen LogP contribution in [-0.4, -0.2) is 21.7 Å². The van der Waals surface area contributed by atoms with Gasteiger partial charge in [0.1, 0.15) is 11.6 Å². The van der Waals surface area contributed by atoms with Crippen molar-refractivity contribution in [2.24, 2.45) is 0 Å². The smallest absolute Gasteiger partial charge is 0.415 e. The number of hydrogen-bond acceptors (Lipinski definition) is 4. The van der Waals surface area contributed by atoms with Crippen LogP contribution in [0.25, 0.3) is 22.4 Å². The standard InChI is InChI=1S/C27H22FN3O2/c1-27(2)24(19-8-4-3-5-9-19)31(26(32)33-27)21-13-11-18(12-14-21)22-16-20(17-30-25(22)28)23-10-6-7-15-29-23/h3-17,24H,1-2H3. The van der Waals surface area contributed by atoms with Crippen LogP contribution >= 0.6 is 0 Å². The van der Waals surface area contributed by atoms with Crippen molar-refractivity contribution in [2.75, 3.05) is 4.90 Å². The molecular formula is C27H22FN3O2. The van der Waals surface area contributed by atoms with Crippen molar-refractivity contribution >= 4 is 11.8 Å². The molecule has 33 heavy (non-hydrogen) atoms. The van der Waals surface area contributed by atoms with Crippen LogP contribution in [0.1, 0.15) is 25.5 Å². The molecule has 4 aromatic rings. The van der Waals surface area contributed by atoms with Crippen LogP contribution < -0.4 is 4.90 Å². The fraction of sp³-hybridized carbons (Fsp3) is 0.148. The zero-order chi connectivity index (χ0) is 23.0. The molecule has 1 amide bonds. The Morgan fingerprint density at radius 2 is 1.64 bits per heavy atom.